The van der Waals surface area contributed by atoms with Crippen molar-refractivity contribution >= 4 is 40.6 Å². The minimum atomic E-state index is -1.71. The number of ether oxygens (including phenoxy) is 1. The number of benzene rings is 2. The monoisotopic (exact) mass is 491 g/mol. The Morgan fingerprint density at radius 3 is 2.31 bits per heavy atom. The number of esters is 1. The molecule has 7 nitrogen and oxygen atoms in total. The number of amides is 1. The molecule has 0 aromatic heterocycles. The van der Waals surface area contributed by atoms with Crippen molar-refractivity contribution in [2.24, 2.45) is 11.1 Å². The van der Waals surface area contributed by atoms with Crippen LogP contribution in [0, 0.1) is 5.41 Å². The topological polar surface area (TPSA) is 92.9 Å². The third-order valence-electron chi connectivity index (χ3n) is 7.15. The van der Waals surface area contributed by atoms with Crippen molar-refractivity contribution in [1.29, 1.82) is 0 Å². The van der Waals surface area contributed by atoms with Crippen molar-refractivity contribution in [3.63, 3.8) is 0 Å². The van der Waals surface area contributed by atoms with E-state index in [0.29, 0.717) is 34.1 Å². The normalized spacial score (nSPS) is 23.1. The molecular weight excluding hydrogens is 466 g/mol. The van der Waals surface area contributed by atoms with Gasteiger partial charge in [0.15, 0.2) is 5.78 Å². The van der Waals surface area contributed by atoms with E-state index in [1.54, 1.807) is 54.4 Å². The molecule has 0 fully saturated rings. The second-order valence-electron chi connectivity index (χ2n) is 9.93. The fraction of sp³-hybridized carbons (Fsp3) is 0.296. The van der Waals surface area contributed by atoms with Gasteiger partial charge in [-0.1, -0.05) is 55.8 Å². The summed E-state index contributed by atoms with van der Waals surface area (Å²) < 4.78 is 5.17. The second-order valence-corrected chi connectivity index (χ2v) is 10.3. The zero-order valence-corrected chi connectivity index (χ0v) is 20.8. The molecule has 1 aliphatic carbocycles. The number of para-hydroxylation sites is 2. The van der Waals surface area contributed by atoms with Crippen LogP contribution in [0.3, 0.4) is 0 Å². The molecule has 35 heavy (non-hydrogen) atoms. The molecule has 1 spiro atoms. The lowest BCUT2D eigenvalue weighted by atomic mass is 9.60. The molecule has 1 atom stereocenters. The predicted molar refractivity (Wildman–Crippen MR) is 134 cm³/mol. The quantitative estimate of drug-likeness (QED) is 0.637. The maximum atomic E-state index is 14.2. The Morgan fingerprint density at radius 2 is 1.66 bits per heavy atom. The molecule has 2 aliphatic heterocycles. The van der Waals surface area contributed by atoms with Crippen LogP contribution in [-0.2, 0) is 24.5 Å². The number of halogens is 1. The van der Waals surface area contributed by atoms with Crippen LogP contribution in [0.2, 0.25) is 5.02 Å². The third-order valence-corrected chi connectivity index (χ3v) is 7.47. The van der Waals surface area contributed by atoms with Crippen LogP contribution in [0.15, 0.2) is 71.2 Å². The van der Waals surface area contributed by atoms with E-state index in [-0.39, 0.29) is 29.2 Å². The highest BCUT2D eigenvalue weighted by atomic mass is 35.5. The Balaban J connectivity index is 1.97. The summed E-state index contributed by atoms with van der Waals surface area (Å²) in [5.41, 5.74) is 7.12. The summed E-state index contributed by atoms with van der Waals surface area (Å²) >= 11 is 6.59. The smallest absolute Gasteiger partial charge is 0.339 e. The number of hydrogen-bond acceptors (Lipinski definition) is 6. The number of fused-ring (bicyclic) bond motifs is 3. The number of likely N-dealkylation sites (N-methyl/N-ethyl adjacent to an activating group) is 1. The SMILES string of the molecule is COC(=O)C1=C(N)N(c2ccccc2Cl)C2=C(C(=O)CC(C)(C)C2)C12C(=O)N(C)c1ccccc12. The second kappa shape index (κ2) is 7.71. The Bertz CT molecular complexity index is 1380. The van der Waals surface area contributed by atoms with Gasteiger partial charge in [0.05, 0.1) is 17.8 Å². The molecule has 2 aromatic rings. The number of nitrogens with zero attached hydrogens (tertiary/aromatic N) is 2. The highest BCUT2D eigenvalue weighted by molar-refractivity contribution is 6.33. The molecule has 2 N–H and O–H groups in total. The van der Waals surface area contributed by atoms with Gasteiger partial charge in [0.25, 0.3) is 0 Å². The molecule has 1 unspecified atom stereocenters. The van der Waals surface area contributed by atoms with E-state index in [2.05, 4.69) is 0 Å². The van der Waals surface area contributed by atoms with Crippen molar-refractivity contribution in [2.75, 3.05) is 24.0 Å². The lowest BCUT2D eigenvalue weighted by molar-refractivity contribution is -0.138. The molecule has 3 aliphatic rings. The van der Waals surface area contributed by atoms with Crippen LogP contribution in [0.5, 0.6) is 0 Å². The predicted octanol–water partition coefficient (Wildman–Crippen LogP) is 4.06. The van der Waals surface area contributed by atoms with E-state index in [1.165, 1.54) is 12.0 Å². The zero-order valence-electron chi connectivity index (χ0n) is 20.0. The first-order valence-corrected chi connectivity index (χ1v) is 11.7. The summed E-state index contributed by atoms with van der Waals surface area (Å²) in [4.78, 5) is 44.8. The molecule has 0 saturated heterocycles. The van der Waals surface area contributed by atoms with Crippen molar-refractivity contribution in [1.82, 2.24) is 0 Å². The minimum Gasteiger partial charge on any atom is -0.466 e. The van der Waals surface area contributed by atoms with Crippen LogP contribution in [0.25, 0.3) is 0 Å². The van der Waals surface area contributed by atoms with E-state index < -0.39 is 22.7 Å². The van der Waals surface area contributed by atoms with Crippen molar-refractivity contribution in [2.45, 2.75) is 32.1 Å². The van der Waals surface area contributed by atoms with Crippen molar-refractivity contribution in [3.05, 3.63) is 81.8 Å². The van der Waals surface area contributed by atoms with E-state index >= 15 is 0 Å². The van der Waals surface area contributed by atoms with Crippen LogP contribution >= 0.6 is 11.6 Å². The fourth-order valence-electron chi connectivity index (χ4n) is 5.79. The number of allylic oxidation sites excluding steroid dienone is 1. The maximum Gasteiger partial charge on any atom is 0.339 e. The Kier molecular flexibility index (Phi) is 5.11. The number of Topliss-reactive ketones (excluding diaryl/α,β-unsaturated/α-hetero) is 1. The Labute approximate surface area is 208 Å². The van der Waals surface area contributed by atoms with Gasteiger partial charge in [-0.25, -0.2) is 4.79 Å². The summed E-state index contributed by atoms with van der Waals surface area (Å²) in [6.07, 6.45) is 0.673. The molecular formula is C27H26ClN3O4. The van der Waals surface area contributed by atoms with Gasteiger partial charge < -0.3 is 15.4 Å². The van der Waals surface area contributed by atoms with Gasteiger partial charge in [-0.05, 0) is 30.0 Å². The summed E-state index contributed by atoms with van der Waals surface area (Å²) in [6.45, 7) is 4.00. The summed E-state index contributed by atoms with van der Waals surface area (Å²) in [7, 11) is 2.87. The van der Waals surface area contributed by atoms with Gasteiger partial charge in [-0.3, -0.25) is 14.5 Å². The maximum absolute atomic E-state index is 14.2. The molecule has 8 heteroatoms. The van der Waals surface area contributed by atoms with Crippen LogP contribution < -0.4 is 15.5 Å². The number of nitrogens with two attached hydrogens (primary N) is 1. The number of anilines is 2. The molecule has 2 heterocycles. The van der Waals surface area contributed by atoms with Crippen LogP contribution in [0.1, 0.15) is 32.3 Å². The first-order chi connectivity index (χ1) is 16.6. The third kappa shape index (κ3) is 3.01. The van der Waals surface area contributed by atoms with Gasteiger partial charge in [0.2, 0.25) is 5.91 Å². The van der Waals surface area contributed by atoms with Gasteiger partial charge in [0.1, 0.15) is 16.8 Å². The lowest BCUT2D eigenvalue weighted by Gasteiger charge is -2.47. The van der Waals surface area contributed by atoms with E-state index in [0.717, 1.165) is 0 Å². The first kappa shape index (κ1) is 23.2. The lowest BCUT2D eigenvalue weighted by Crippen LogP contribution is -2.55. The van der Waals surface area contributed by atoms with Gasteiger partial charge in [-0.15, -0.1) is 0 Å². The summed E-state index contributed by atoms with van der Waals surface area (Å²) in [5, 5.41) is 0.397. The number of ketones is 1. The van der Waals surface area contributed by atoms with Gasteiger partial charge >= 0.3 is 5.97 Å². The largest absolute Gasteiger partial charge is 0.466 e. The van der Waals surface area contributed by atoms with E-state index in [4.69, 9.17) is 22.1 Å². The van der Waals surface area contributed by atoms with E-state index in [1.807, 2.05) is 19.9 Å². The molecule has 0 saturated carbocycles. The van der Waals surface area contributed by atoms with E-state index in [9.17, 15) is 14.4 Å². The Morgan fingerprint density at radius 1 is 1.03 bits per heavy atom. The van der Waals surface area contributed by atoms with Crippen LogP contribution in [-0.4, -0.2) is 31.8 Å². The van der Waals surface area contributed by atoms with Gasteiger partial charge in [-0.2, -0.15) is 0 Å². The molecule has 2 aromatic carbocycles. The van der Waals surface area contributed by atoms with Crippen LogP contribution in [0.4, 0.5) is 11.4 Å². The number of carbonyl (C=O) groups excluding carboxylic acids is 3. The molecule has 0 radical (unpaired) electrons. The Hall–Kier alpha value is -3.58. The first-order valence-electron chi connectivity index (χ1n) is 11.3. The number of methoxy groups -OCH3 is 1. The number of hydrogen-bond donors (Lipinski definition) is 1. The summed E-state index contributed by atoms with van der Waals surface area (Å²) in [6, 6.07) is 14.2. The average Bonchev–Trinajstić information content (AvgIpc) is 3.02. The van der Waals surface area contributed by atoms with Crippen molar-refractivity contribution < 1.29 is 19.1 Å². The zero-order chi connectivity index (χ0) is 25.3. The molecule has 180 valence electrons. The number of carbonyl (C=O) groups is 3. The number of rotatable bonds is 2. The van der Waals surface area contributed by atoms with Gasteiger partial charge in [0, 0.05) is 36.0 Å². The highest BCUT2D eigenvalue weighted by Gasteiger charge is 2.64. The molecule has 5 rings (SSSR count). The van der Waals surface area contributed by atoms with Crippen molar-refractivity contribution in [3.8, 4) is 0 Å². The minimum absolute atomic E-state index is 0.0210. The summed E-state index contributed by atoms with van der Waals surface area (Å²) in [5.74, 6) is -1.38. The average molecular weight is 492 g/mol. The standard InChI is InChI=1S/C27H26ClN3O4/c1-26(2)13-19-21(20(32)14-26)27(15-9-5-7-11-17(15)30(3)25(27)34)22(24(33)35-4)23(29)31(19)18-12-8-6-10-16(18)28/h5-12H,13-14,29H2,1-4H3. The molecule has 1 amide bonds. The highest BCUT2D eigenvalue weighted by Crippen LogP contribution is 2.58. The fourth-order valence-corrected chi connectivity index (χ4v) is 6.01. The molecule has 0 bridgehead atoms.